The summed E-state index contributed by atoms with van der Waals surface area (Å²) in [5.41, 5.74) is 0.897. The van der Waals surface area contributed by atoms with Gasteiger partial charge in [-0.1, -0.05) is 33.9 Å². The van der Waals surface area contributed by atoms with E-state index in [1.807, 2.05) is 24.3 Å². The summed E-state index contributed by atoms with van der Waals surface area (Å²) >= 11 is 3.39. The Labute approximate surface area is 137 Å². The average molecular weight is 364 g/mol. The van der Waals surface area contributed by atoms with E-state index in [1.165, 1.54) is 12.8 Å². The fourth-order valence-electron chi connectivity index (χ4n) is 2.66. The third kappa shape index (κ3) is 3.94. The molecule has 1 amide bonds. The van der Waals surface area contributed by atoms with Gasteiger partial charge in [0.25, 0.3) is 0 Å². The van der Waals surface area contributed by atoms with Crippen LogP contribution in [0.3, 0.4) is 0 Å². The maximum Gasteiger partial charge on any atom is 0.227 e. The van der Waals surface area contributed by atoms with E-state index in [4.69, 9.17) is 4.52 Å². The first-order valence-corrected chi connectivity index (χ1v) is 8.38. The van der Waals surface area contributed by atoms with Gasteiger partial charge in [-0.3, -0.25) is 4.79 Å². The van der Waals surface area contributed by atoms with E-state index >= 15 is 0 Å². The normalized spacial score (nSPS) is 15.1. The van der Waals surface area contributed by atoms with Crippen LogP contribution in [-0.4, -0.2) is 22.1 Å². The van der Waals surface area contributed by atoms with E-state index in [0.29, 0.717) is 30.6 Å². The standard InChI is InChI=1S/C16H18BrN3O2/c17-12-7-5-11(6-8-12)16-19-15(22-20-16)10-9-14(21)18-13-3-1-2-4-13/h5-8,13H,1-4,9-10H2,(H,18,21). The number of nitrogens with zero attached hydrogens (tertiary/aromatic N) is 2. The zero-order valence-electron chi connectivity index (χ0n) is 12.2. The summed E-state index contributed by atoms with van der Waals surface area (Å²) in [7, 11) is 0. The number of aromatic nitrogens is 2. The fourth-order valence-corrected chi connectivity index (χ4v) is 2.93. The molecule has 3 rings (SSSR count). The molecule has 1 aromatic heterocycles. The smallest absolute Gasteiger partial charge is 0.227 e. The Balaban J connectivity index is 1.53. The highest BCUT2D eigenvalue weighted by Crippen LogP contribution is 2.20. The summed E-state index contributed by atoms with van der Waals surface area (Å²) in [6, 6.07) is 8.06. The lowest BCUT2D eigenvalue weighted by Crippen LogP contribution is -2.32. The number of rotatable bonds is 5. The summed E-state index contributed by atoms with van der Waals surface area (Å²) < 4.78 is 6.22. The van der Waals surface area contributed by atoms with Gasteiger partial charge in [-0.25, -0.2) is 0 Å². The van der Waals surface area contributed by atoms with Gasteiger partial charge in [0.2, 0.25) is 17.6 Å². The third-order valence-electron chi connectivity index (χ3n) is 3.86. The van der Waals surface area contributed by atoms with Crippen molar-refractivity contribution in [3.63, 3.8) is 0 Å². The topological polar surface area (TPSA) is 68.0 Å². The number of hydrogen-bond acceptors (Lipinski definition) is 4. The number of hydrogen-bond donors (Lipinski definition) is 1. The molecular formula is C16H18BrN3O2. The molecule has 0 saturated heterocycles. The molecule has 0 unspecified atom stereocenters. The second kappa shape index (κ2) is 7.05. The van der Waals surface area contributed by atoms with Crippen molar-refractivity contribution in [3.8, 4) is 11.4 Å². The highest BCUT2D eigenvalue weighted by atomic mass is 79.9. The molecular weight excluding hydrogens is 346 g/mol. The molecule has 1 aliphatic carbocycles. The Kier molecular flexibility index (Phi) is 4.87. The lowest BCUT2D eigenvalue weighted by atomic mass is 10.2. The lowest BCUT2D eigenvalue weighted by Gasteiger charge is -2.10. The summed E-state index contributed by atoms with van der Waals surface area (Å²) in [6.45, 7) is 0. The number of benzene rings is 1. The van der Waals surface area contributed by atoms with E-state index in [1.54, 1.807) is 0 Å². The molecule has 22 heavy (non-hydrogen) atoms. The molecule has 2 aromatic rings. The summed E-state index contributed by atoms with van der Waals surface area (Å²) in [6.07, 6.45) is 5.48. The Morgan fingerprint density at radius 1 is 1.27 bits per heavy atom. The minimum atomic E-state index is 0.0651. The molecule has 1 N–H and O–H groups in total. The van der Waals surface area contributed by atoms with E-state index in [9.17, 15) is 4.79 Å². The number of amides is 1. The SMILES string of the molecule is O=C(CCc1nc(-c2ccc(Br)cc2)no1)NC1CCCC1. The maximum atomic E-state index is 11.9. The monoisotopic (exact) mass is 363 g/mol. The predicted molar refractivity (Wildman–Crippen MR) is 86.2 cm³/mol. The van der Waals surface area contributed by atoms with Crippen molar-refractivity contribution >= 4 is 21.8 Å². The van der Waals surface area contributed by atoms with Gasteiger partial charge < -0.3 is 9.84 Å². The summed E-state index contributed by atoms with van der Waals surface area (Å²) in [5, 5.41) is 7.02. The van der Waals surface area contributed by atoms with Gasteiger partial charge in [0.05, 0.1) is 0 Å². The Morgan fingerprint density at radius 2 is 2.00 bits per heavy atom. The minimum Gasteiger partial charge on any atom is -0.353 e. The fraction of sp³-hybridized carbons (Fsp3) is 0.438. The van der Waals surface area contributed by atoms with Crippen LogP contribution < -0.4 is 5.32 Å². The van der Waals surface area contributed by atoms with Crippen LogP contribution in [0.1, 0.15) is 38.0 Å². The van der Waals surface area contributed by atoms with Crippen LogP contribution >= 0.6 is 15.9 Å². The highest BCUT2D eigenvalue weighted by molar-refractivity contribution is 9.10. The largest absolute Gasteiger partial charge is 0.353 e. The van der Waals surface area contributed by atoms with Crippen LogP contribution in [0, 0.1) is 0 Å². The molecule has 116 valence electrons. The first-order chi connectivity index (χ1) is 10.7. The van der Waals surface area contributed by atoms with Crippen molar-refractivity contribution in [2.75, 3.05) is 0 Å². The van der Waals surface area contributed by atoms with Crippen molar-refractivity contribution < 1.29 is 9.32 Å². The van der Waals surface area contributed by atoms with Crippen LogP contribution in [0.15, 0.2) is 33.3 Å². The van der Waals surface area contributed by atoms with Crippen molar-refractivity contribution in [1.82, 2.24) is 15.5 Å². The van der Waals surface area contributed by atoms with Gasteiger partial charge in [-0.2, -0.15) is 4.98 Å². The zero-order chi connectivity index (χ0) is 15.4. The Bertz CT molecular complexity index is 633. The molecule has 0 bridgehead atoms. The molecule has 0 spiro atoms. The van der Waals surface area contributed by atoms with Crippen molar-refractivity contribution in [3.05, 3.63) is 34.6 Å². The van der Waals surface area contributed by atoms with Gasteiger partial charge >= 0.3 is 0 Å². The van der Waals surface area contributed by atoms with E-state index in [-0.39, 0.29) is 5.91 Å². The number of carbonyl (C=O) groups excluding carboxylic acids is 1. The van der Waals surface area contributed by atoms with Crippen LogP contribution in [-0.2, 0) is 11.2 Å². The number of carbonyl (C=O) groups is 1. The predicted octanol–water partition coefficient (Wildman–Crippen LogP) is 3.49. The van der Waals surface area contributed by atoms with E-state index in [2.05, 4.69) is 31.4 Å². The quantitative estimate of drug-likeness (QED) is 0.882. The second-order valence-electron chi connectivity index (χ2n) is 5.57. The molecule has 0 radical (unpaired) electrons. The first-order valence-electron chi connectivity index (χ1n) is 7.58. The van der Waals surface area contributed by atoms with Crippen molar-refractivity contribution in [2.45, 2.75) is 44.6 Å². The Hall–Kier alpha value is -1.69. The molecule has 1 aliphatic rings. The van der Waals surface area contributed by atoms with Crippen LogP contribution in [0.5, 0.6) is 0 Å². The van der Waals surface area contributed by atoms with Crippen LogP contribution in [0.2, 0.25) is 0 Å². The first kappa shape index (κ1) is 15.2. The van der Waals surface area contributed by atoms with Gasteiger partial charge in [-0.15, -0.1) is 0 Å². The maximum absolute atomic E-state index is 11.9. The van der Waals surface area contributed by atoms with Crippen molar-refractivity contribution in [1.29, 1.82) is 0 Å². The molecule has 1 fully saturated rings. The van der Waals surface area contributed by atoms with Crippen molar-refractivity contribution in [2.24, 2.45) is 0 Å². The highest BCUT2D eigenvalue weighted by Gasteiger charge is 2.17. The third-order valence-corrected chi connectivity index (χ3v) is 4.39. The average Bonchev–Trinajstić information content (AvgIpc) is 3.17. The van der Waals surface area contributed by atoms with E-state index in [0.717, 1.165) is 22.9 Å². The van der Waals surface area contributed by atoms with Gasteiger partial charge in [-0.05, 0) is 37.1 Å². The molecule has 5 nitrogen and oxygen atoms in total. The molecule has 0 atom stereocenters. The lowest BCUT2D eigenvalue weighted by molar-refractivity contribution is -0.121. The second-order valence-corrected chi connectivity index (χ2v) is 6.48. The molecule has 1 aromatic carbocycles. The minimum absolute atomic E-state index is 0.0651. The van der Waals surface area contributed by atoms with E-state index < -0.39 is 0 Å². The summed E-state index contributed by atoms with van der Waals surface area (Å²) in [4.78, 5) is 16.2. The van der Waals surface area contributed by atoms with Crippen LogP contribution in [0.4, 0.5) is 0 Å². The number of nitrogens with one attached hydrogen (secondary N) is 1. The van der Waals surface area contributed by atoms with Gasteiger partial charge in [0, 0.05) is 28.9 Å². The number of aryl methyl sites for hydroxylation is 1. The summed E-state index contributed by atoms with van der Waals surface area (Å²) in [5.74, 6) is 1.12. The molecule has 6 heteroatoms. The molecule has 1 saturated carbocycles. The van der Waals surface area contributed by atoms with Crippen LogP contribution in [0.25, 0.3) is 11.4 Å². The molecule has 1 heterocycles. The Morgan fingerprint density at radius 3 is 2.73 bits per heavy atom. The van der Waals surface area contributed by atoms with Gasteiger partial charge in [0.1, 0.15) is 0 Å². The van der Waals surface area contributed by atoms with Gasteiger partial charge in [0.15, 0.2) is 0 Å². The number of halogens is 1. The zero-order valence-corrected chi connectivity index (χ0v) is 13.8. The molecule has 0 aliphatic heterocycles.